The van der Waals surface area contributed by atoms with E-state index in [4.69, 9.17) is 5.14 Å². The number of anilines is 1. The van der Waals surface area contributed by atoms with Gasteiger partial charge >= 0.3 is 18.0 Å². The average Bonchev–Trinajstić information content (AvgIpc) is 2.28. The number of sulfonamides is 1. The fraction of sp³-hybridized carbons (Fsp3) is 0.222. The van der Waals surface area contributed by atoms with E-state index >= 15 is 0 Å². The van der Waals surface area contributed by atoms with E-state index in [0.29, 0.717) is 0 Å². The molecule has 1 amide bonds. The maximum Gasteiger partial charge on any atom is 0.463 e. The first-order chi connectivity index (χ1) is 9.26. The van der Waals surface area contributed by atoms with Crippen LogP contribution in [0.25, 0.3) is 0 Å². The molecule has 1 rings (SSSR count). The molecule has 0 aromatic heterocycles. The molecule has 0 aliphatic heterocycles. The molecular formula is C9H6BrF5N2O3S. The van der Waals surface area contributed by atoms with Crippen molar-refractivity contribution in [3.63, 3.8) is 0 Å². The molecule has 0 heterocycles. The van der Waals surface area contributed by atoms with Gasteiger partial charge in [-0.15, -0.1) is 0 Å². The highest BCUT2D eigenvalue weighted by Gasteiger charge is 2.63. The van der Waals surface area contributed by atoms with Gasteiger partial charge in [0.2, 0.25) is 10.0 Å². The number of hydrogen-bond acceptors (Lipinski definition) is 3. The summed E-state index contributed by atoms with van der Waals surface area (Å²) in [6.45, 7) is 0. The number of primary sulfonamides is 1. The summed E-state index contributed by atoms with van der Waals surface area (Å²) < 4.78 is 83.2. The van der Waals surface area contributed by atoms with Gasteiger partial charge in [-0.05, 0) is 34.1 Å². The molecule has 5 nitrogen and oxygen atoms in total. The van der Waals surface area contributed by atoms with Crippen molar-refractivity contribution in [2.45, 2.75) is 17.0 Å². The van der Waals surface area contributed by atoms with Gasteiger partial charge in [0.15, 0.2) is 0 Å². The van der Waals surface area contributed by atoms with Crippen molar-refractivity contribution in [2.75, 3.05) is 5.32 Å². The van der Waals surface area contributed by atoms with E-state index in [1.54, 1.807) is 0 Å². The highest BCUT2D eigenvalue weighted by atomic mass is 79.9. The van der Waals surface area contributed by atoms with E-state index in [1.807, 2.05) is 0 Å². The normalized spacial score (nSPS) is 13.1. The Morgan fingerprint density at radius 2 is 1.71 bits per heavy atom. The molecule has 12 heteroatoms. The largest absolute Gasteiger partial charge is 0.463 e. The summed E-state index contributed by atoms with van der Waals surface area (Å²) >= 11 is 2.72. The fourth-order valence-corrected chi connectivity index (χ4v) is 2.27. The Kier molecular flexibility index (Phi) is 4.65. The maximum atomic E-state index is 12.7. The first-order valence-electron chi connectivity index (χ1n) is 4.85. The van der Waals surface area contributed by atoms with Gasteiger partial charge in [-0.25, -0.2) is 13.6 Å². The van der Waals surface area contributed by atoms with Gasteiger partial charge in [0.25, 0.3) is 0 Å². The molecule has 0 aliphatic carbocycles. The third-order valence-electron chi connectivity index (χ3n) is 2.16. The summed E-state index contributed by atoms with van der Waals surface area (Å²) in [5.74, 6) is -8.19. The molecule has 0 bridgehead atoms. The zero-order valence-corrected chi connectivity index (χ0v) is 12.1. The Morgan fingerprint density at radius 3 is 2.10 bits per heavy atom. The van der Waals surface area contributed by atoms with Gasteiger partial charge in [-0.1, -0.05) is 0 Å². The highest BCUT2D eigenvalue weighted by Crippen LogP contribution is 2.37. The Labute approximate surface area is 123 Å². The number of nitrogens with two attached hydrogens (primary N) is 1. The van der Waals surface area contributed by atoms with Crippen LogP contribution in [0.5, 0.6) is 0 Å². The molecule has 0 aliphatic rings. The number of nitrogens with one attached hydrogen (secondary N) is 1. The second kappa shape index (κ2) is 5.50. The molecule has 0 atom stereocenters. The average molecular weight is 397 g/mol. The molecule has 0 saturated carbocycles. The molecule has 21 heavy (non-hydrogen) atoms. The minimum Gasteiger partial charge on any atom is -0.319 e. The number of alkyl halides is 5. The fourth-order valence-electron chi connectivity index (χ4n) is 1.10. The van der Waals surface area contributed by atoms with Gasteiger partial charge in [-0.2, -0.15) is 22.0 Å². The lowest BCUT2D eigenvalue weighted by molar-refractivity contribution is -0.267. The predicted octanol–water partition coefficient (Wildman–Crippen LogP) is 2.23. The van der Waals surface area contributed by atoms with Crippen molar-refractivity contribution in [2.24, 2.45) is 5.14 Å². The van der Waals surface area contributed by atoms with Crippen LogP contribution in [0.2, 0.25) is 0 Å². The second-order valence-corrected chi connectivity index (χ2v) is 6.13. The van der Waals surface area contributed by atoms with Crippen molar-refractivity contribution in [1.82, 2.24) is 0 Å². The van der Waals surface area contributed by atoms with Crippen molar-refractivity contribution in [3.8, 4) is 0 Å². The van der Waals surface area contributed by atoms with Crippen LogP contribution >= 0.6 is 15.9 Å². The molecule has 0 radical (unpaired) electrons. The topological polar surface area (TPSA) is 89.3 Å². The summed E-state index contributed by atoms with van der Waals surface area (Å²) in [5, 5.41) is 6.14. The van der Waals surface area contributed by atoms with Crippen LogP contribution < -0.4 is 10.5 Å². The Bertz CT molecular complexity index is 674. The predicted molar refractivity (Wildman–Crippen MR) is 65.1 cm³/mol. The summed E-state index contributed by atoms with van der Waals surface area (Å²) in [6.07, 6.45) is -6.05. The first-order valence-corrected chi connectivity index (χ1v) is 7.19. The summed E-state index contributed by atoms with van der Waals surface area (Å²) in [5.41, 5.74) is -0.476. The lowest BCUT2D eigenvalue weighted by Gasteiger charge is -2.19. The van der Waals surface area contributed by atoms with E-state index < -0.39 is 38.6 Å². The monoisotopic (exact) mass is 396 g/mol. The van der Waals surface area contributed by atoms with Crippen molar-refractivity contribution in [1.29, 1.82) is 0 Å². The summed E-state index contributed by atoms with van der Waals surface area (Å²) in [7, 11) is -4.09. The second-order valence-electron chi connectivity index (χ2n) is 3.71. The summed E-state index contributed by atoms with van der Waals surface area (Å²) in [6, 6.07) is 2.49. The van der Waals surface area contributed by atoms with Gasteiger partial charge in [0.1, 0.15) is 0 Å². The molecule has 0 spiro atoms. The smallest absolute Gasteiger partial charge is 0.319 e. The molecule has 1 aromatic rings. The number of halogens is 6. The molecule has 1 aromatic carbocycles. The van der Waals surface area contributed by atoms with E-state index in [0.717, 1.165) is 18.2 Å². The maximum absolute atomic E-state index is 12.7. The van der Waals surface area contributed by atoms with Crippen LogP contribution in [-0.4, -0.2) is 26.4 Å². The molecule has 0 unspecified atom stereocenters. The molecule has 0 saturated heterocycles. The van der Waals surface area contributed by atoms with Gasteiger partial charge < -0.3 is 5.32 Å². The quantitative estimate of drug-likeness (QED) is 0.767. The van der Waals surface area contributed by atoms with Gasteiger partial charge in [-0.3, -0.25) is 4.79 Å². The Morgan fingerprint density at radius 1 is 1.19 bits per heavy atom. The van der Waals surface area contributed by atoms with E-state index in [1.165, 1.54) is 5.32 Å². The minimum atomic E-state index is -6.05. The van der Waals surface area contributed by atoms with E-state index in [9.17, 15) is 35.2 Å². The Balaban J connectivity index is 3.08. The number of rotatable bonds is 3. The lowest BCUT2D eigenvalue weighted by Crippen LogP contribution is -2.47. The zero-order valence-electron chi connectivity index (χ0n) is 9.71. The van der Waals surface area contributed by atoms with Gasteiger partial charge in [0.05, 0.1) is 10.6 Å². The SMILES string of the molecule is NS(=O)(=O)c1ccc(NC(=O)C(F)(F)C(F)(F)F)c(Br)c1. The number of carbonyl (C=O) groups excluding carboxylic acids is 1. The van der Waals surface area contributed by atoms with Crippen molar-refractivity contribution in [3.05, 3.63) is 22.7 Å². The van der Waals surface area contributed by atoms with Crippen LogP contribution in [0.3, 0.4) is 0 Å². The third-order valence-corrected chi connectivity index (χ3v) is 3.73. The minimum absolute atomic E-state index is 0.236. The number of hydrogen-bond donors (Lipinski definition) is 2. The van der Waals surface area contributed by atoms with Gasteiger partial charge in [0, 0.05) is 4.47 Å². The standard InChI is InChI=1S/C9H6BrF5N2O3S/c10-5-3-4(21(16,19)20)1-2-6(5)17-7(18)8(11,12)9(13,14)15/h1-3H,(H,17,18)(H2,16,19,20). The lowest BCUT2D eigenvalue weighted by atomic mass is 10.2. The number of amides is 1. The molecule has 0 fully saturated rings. The van der Waals surface area contributed by atoms with Crippen molar-refractivity contribution >= 4 is 37.5 Å². The summed E-state index contributed by atoms with van der Waals surface area (Å²) in [4.78, 5) is 10.5. The number of carbonyl (C=O) groups is 1. The molecular weight excluding hydrogens is 391 g/mol. The van der Waals surface area contributed by atoms with Crippen LogP contribution in [0.1, 0.15) is 0 Å². The zero-order chi connectivity index (χ0) is 16.6. The van der Waals surface area contributed by atoms with Crippen molar-refractivity contribution < 1.29 is 35.2 Å². The first kappa shape index (κ1) is 17.8. The van der Waals surface area contributed by atoms with E-state index in [-0.39, 0.29) is 4.47 Å². The van der Waals surface area contributed by atoms with Crippen LogP contribution in [0.4, 0.5) is 27.6 Å². The number of benzene rings is 1. The van der Waals surface area contributed by atoms with Crippen LogP contribution in [0, 0.1) is 0 Å². The molecule has 3 N–H and O–H groups in total. The Hall–Kier alpha value is -1.27. The van der Waals surface area contributed by atoms with Crippen LogP contribution in [0.15, 0.2) is 27.6 Å². The highest BCUT2D eigenvalue weighted by molar-refractivity contribution is 9.10. The third kappa shape index (κ3) is 3.89. The molecule has 118 valence electrons. The van der Waals surface area contributed by atoms with E-state index in [2.05, 4.69) is 15.9 Å². The van der Waals surface area contributed by atoms with Crippen LogP contribution in [-0.2, 0) is 14.8 Å².